The van der Waals surface area contributed by atoms with Gasteiger partial charge in [0.2, 0.25) is 0 Å². The van der Waals surface area contributed by atoms with Crippen molar-refractivity contribution in [3.63, 3.8) is 0 Å². The van der Waals surface area contributed by atoms with E-state index in [4.69, 9.17) is 26.8 Å². The van der Waals surface area contributed by atoms with Gasteiger partial charge in [0.1, 0.15) is 6.10 Å². The topological polar surface area (TPSA) is 78.6 Å². The minimum absolute atomic E-state index is 0.115. The molecule has 0 amide bonds. The molecule has 0 spiro atoms. The van der Waals surface area contributed by atoms with Gasteiger partial charge >= 0.3 is 11.9 Å². The van der Waals surface area contributed by atoms with E-state index in [1.165, 1.54) is 12.1 Å². The fourth-order valence-corrected chi connectivity index (χ4v) is 3.56. The molecule has 0 aliphatic heterocycles. The van der Waals surface area contributed by atoms with E-state index >= 15 is 0 Å². The van der Waals surface area contributed by atoms with Crippen LogP contribution in [0.3, 0.4) is 0 Å². The average Bonchev–Trinajstić information content (AvgIpc) is 2.52. The number of esters is 2. The van der Waals surface area contributed by atoms with Crippen molar-refractivity contribution in [3.05, 3.63) is 28.8 Å². The van der Waals surface area contributed by atoms with Crippen molar-refractivity contribution in [3.8, 4) is 0 Å². The third-order valence-electron chi connectivity index (χ3n) is 4.80. The lowest BCUT2D eigenvalue weighted by Gasteiger charge is -2.36. The molecule has 0 bridgehead atoms. The van der Waals surface area contributed by atoms with Crippen LogP contribution in [-0.2, 0) is 14.3 Å². The first-order valence-corrected chi connectivity index (χ1v) is 9.07. The Bertz CT molecular complexity index is 632. The van der Waals surface area contributed by atoms with Crippen LogP contribution in [0.1, 0.15) is 50.4 Å². The van der Waals surface area contributed by atoms with Crippen molar-refractivity contribution >= 4 is 29.2 Å². The summed E-state index contributed by atoms with van der Waals surface area (Å²) in [5.41, 5.74) is 6.14. The number of nitrogens with two attached hydrogens (primary N) is 1. The molecule has 0 radical (unpaired) electrons. The lowest BCUT2D eigenvalue weighted by atomic mass is 9.75. The molecule has 0 heterocycles. The van der Waals surface area contributed by atoms with Crippen LogP contribution in [-0.4, -0.2) is 24.6 Å². The molecule has 3 unspecified atom stereocenters. The molecule has 1 aliphatic rings. The molecule has 1 aromatic carbocycles. The standard InChI is InChI=1S/C19H26ClNO4/c1-11(2)14-6-4-12(3)8-17(14)25-18(22)10-24-19(23)15-7-5-13(20)9-16(15)21/h5,7,9,11-12,14,17H,4,6,8,10,21H2,1-3H3. The SMILES string of the molecule is CC1CCC(C(C)C)C(OC(=O)COC(=O)c2ccc(Cl)cc2N)C1. The number of halogens is 1. The third kappa shape index (κ3) is 5.36. The Hall–Kier alpha value is -1.75. The summed E-state index contributed by atoms with van der Waals surface area (Å²) in [6.45, 7) is 6.03. The summed E-state index contributed by atoms with van der Waals surface area (Å²) in [4.78, 5) is 24.2. The van der Waals surface area contributed by atoms with Crippen LogP contribution < -0.4 is 5.73 Å². The highest BCUT2D eigenvalue weighted by Crippen LogP contribution is 2.35. The number of nitrogen functional groups attached to an aromatic ring is 1. The maximum atomic E-state index is 12.1. The van der Waals surface area contributed by atoms with Gasteiger partial charge < -0.3 is 15.2 Å². The molecule has 1 fully saturated rings. The van der Waals surface area contributed by atoms with E-state index in [0.717, 1.165) is 19.3 Å². The van der Waals surface area contributed by atoms with Gasteiger partial charge in [0.25, 0.3) is 0 Å². The van der Waals surface area contributed by atoms with E-state index in [1.54, 1.807) is 6.07 Å². The van der Waals surface area contributed by atoms with Gasteiger partial charge in [-0.25, -0.2) is 9.59 Å². The second-order valence-corrected chi connectivity index (χ2v) is 7.60. The Morgan fingerprint density at radius 2 is 2.04 bits per heavy atom. The van der Waals surface area contributed by atoms with E-state index in [1.807, 2.05) is 0 Å². The van der Waals surface area contributed by atoms with Crippen molar-refractivity contribution in [2.45, 2.75) is 46.1 Å². The largest absolute Gasteiger partial charge is 0.460 e. The highest BCUT2D eigenvalue weighted by Gasteiger charge is 2.33. The molecule has 1 saturated carbocycles. The maximum Gasteiger partial charge on any atom is 0.344 e. The van der Waals surface area contributed by atoms with Gasteiger partial charge in [-0.15, -0.1) is 0 Å². The highest BCUT2D eigenvalue weighted by molar-refractivity contribution is 6.31. The molecule has 2 N–H and O–H groups in total. The molecule has 5 nitrogen and oxygen atoms in total. The molecule has 3 atom stereocenters. The number of hydrogen-bond donors (Lipinski definition) is 1. The predicted molar refractivity (Wildman–Crippen MR) is 97.4 cm³/mol. The Labute approximate surface area is 153 Å². The fraction of sp³-hybridized carbons (Fsp3) is 0.579. The van der Waals surface area contributed by atoms with Crippen molar-refractivity contribution in [1.29, 1.82) is 0 Å². The quantitative estimate of drug-likeness (QED) is 0.626. The first-order valence-electron chi connectivity index (χ1n) is 8.69. The number of benzene rings is 1. The molecular weight excluding hydrogens is 342 g/mol. The number of hydrogen-bond acceptors (Lipinski definition) is 5. The normalized spacial score (nSPS) is 23.3. The van der Waals surface area contributed by atoms with E-state index in [2.05, 4.69) is 20.8 Å². The van der Waals surface area contributed by atoms with Gasteiger partial charge in [-0.05, 0) is 48.8 Å². The summed E-state index contributed by atoms with van der Waals surface area (Å²) in [6.07, 6.45) is 2.95. The first-order chi connectivity index (χ1) is 11.8. The van der Waals surface area contributed by atoms with Gasteiger partial charge in [0.15, 0.2) is 6.61 Å². The Morgan fingerprint density at radius 1 is 1.32 bits per heavy atom. The molecule has 6 heteroatoms. The lowest BCUT2D eigenvalue weighted by molar-refractivity contribution is -0.159. The van der Waals surface area contributed by atoms with Crippen LogP contribution in [0.25, 0.3) is 0 Å². The number of ether oxygens (including phenoxy) is 2. The van der Waals surface area contributed by atoms with Crippen LogP contribution in [0, 0.1) is 17.8 Å². The summed E-state index contributed by atoms with van der Waals surface area (Å²) in [7, 11) is 0. The summed E-state index contributed by atoms with van der Waals surface area (Å²) in [5, 5.41) is 0.430. The second-order valence-electron chi connectivity index (χ2n) is 7.16. The van der Waals surface area contributed by atoms with Crippen molar-refractivity contribution in [2.75, 3.05) is 12.3 Å². The molecule has 0 saturated heterocycles. The van der Waals surface area contributed by atoms with Crippen molar-refractivity contribution in [1.82, 2.24) is 0 Å². The zero-order chi connectivity index (χ0) is 18.6. The number of carbonyl (C=O) groups is 2. The number of carbonyl (C=O) groups excluding carboxylic acids is 2. The molecule has 0 aromatic heterocycles. The average molecular weight is 368 g/mol. The molecule has 138 valence electrons. The minimum Gasteiger partial charge on any atom is -0.460 e. The van der Waals surface area contributed by atoms with Crippen LogP contribution in [0.2, 0.25) is 5.02 Å². The fourth-order valence-electron chi connectivity index (χ4n) is 3.37. The monoisotopic (exact) mass is 367 g/mol. The summed E-state index contributed by atoms with van der Waals surface area (Å²) < 4.78 is 10.6. The van der Waals surface area contributed by atoms with Crippen molar-refractivity contribution < 1.29 is 19.1 Å². The molecule has 1 aliphatic carbocycles. The van der Waals surface area contributed by atoms with Crippen LogP contribution >= 0.6 is 11.6 Å². The van der Waals surface area contributed by atoms with Gasteiger partial charge in [0.05, 0.1) is 5.56 Å². The Balaban J connectivity index is 1.90. The first kappa shape index (κ1) is 19.6. The smallest absolute Gasteiger partial charge is 0.344 e. The van der Waals surface area contributed by atoms with E-state index in [9.17, 15) is 9.59 Å². The van der Waals surface area contributed by atoms with Crippen LogP contribution in [0.4, 0.5) is 5.69 Å². The van der Waals surface area contributed by atoms with Gasteiger partial charge in [-0.3, -0.25) is 0 Å². The third-order valence-corrected chi connectivity index (χ3v) is 5.03. The van der Waals surface area contributed by atoms with Crippen molar-refractivity contribution in [2.24, 2.45) is 17.8 Å². The second kappa shape index (κ2) is 8.56. The zero-order valence-electron chi connectivity index (χ0n) is 15.0. The summed E-state index contributed by atoms with van der Waals surface area (Å²) in [5.74, 6) is 0.142. The molecule has 1 aromatic rings. The van der Waals surface area contributed by atoms with Gasteiger partial charge in [-0.1, -0.05) is 38.8 Å². The Kier molecular flexibility index (Phi) is 6.71. The minimum atomic E-state index is -0.663. The van der Waals surface area contributed by atoms with Gasteiger partial charge in [-0.2, -0.15) is 0 Å². The lowest BCUT2D eigenvalue weighted by Crippen LogP contribution is -2.36. The summed E-state index contributed by atoms with van der Waals surface area (Å²) in [6, 6.07) is 4.49. The van der Waals surface area contributed by atoms with E-state index < -0.39 is 18.5 Å². The highest BCUT2D eigenvalue weighted by atomic mass is 35.5. The predicted octanol–water partition coefficient (Wildman–Crippen LogP) is 4.08. The summed E-state index contributed by atoms with van der Waals surface area (Å²) >= 11 is 5.80. The molecular formula is C19H26ClNO4. The molecule has 2 rings (SSSR count). The number of anilines is 1. The molecule has 25 heavy (non-hydrogen) atoms. The maximum absolute atomic E-state index is 12.1. The van der Waals surface area contributed by atoms with Crippen LogP contribution in [0.15, 0.2) is 18.2 Å². The number of rotatable bonds is 5. The Morgan fingerprint density at radius 3 is 2.68 bits per heavy atom. The van der Waals surface area contributed by atoms with E-state index in [0.29, 0.717) is 22.8 Å². The van der Waals surface area contributed by atoms with Crippen LogP contribution in [0.5, 0.6) is 0 Å². The van der Waals surface area contributed by atoms with Gasteiger partial charge in [0, 0.05) is 10.7 Å². The van der Waals surface area contributed by atoms with E-state index in [-0.39, 0.29) is 17.4 Å². The zero-order valence-corrected chi connectivity index (χ0v) is 15.7.